The molecule has 5 nitrogen and oxygen atoms in total. The Morgan fingerprint density at radius 1 is 1.00 bits per heavy atom. The van der Waals surface area contributed by atoms with E-state index in [-0.39, 0.29) is 22.2 Å². The Morgan fingerprint density at radius 2 is 1.79 bits per heavy atom. The Bertz CT molecular complexity index is 1290. The monoisotopic (exact) mass is 534 g/mol. The first kappa shape index (κ1) is 25.7. The van der Waals surface area contributed by atoms with Crippen LogP contribution in [0, 0.1) is 11.3 Å². The number of benzene rings is 3. The fourth-order valence-corrected chi connectivity index (χ4v) is 3.73. The molecule has 0 fully saturated rings. The number of rotatable bonds is 8. The normalized spacial score (nSPS) is 11.0. The third-order valence-electron chi connectivity index (χ3n) is 4.46. The number of nitrogens with one attached hydrogen (secondary N) is 1. The molecule has 174 valence electrons. The van der Waals surface area contributed by atoms with Gasteiger partial charge in [-0.1, -0.05) is 58.5 Å². The maximum atomic E-state index is 12.6. The quantitative estimate of drug-likeness (QED) is 0.235. The summed E-state index contributed by atoms with van der Waals surface area (Å²) in [6.07, 6.45) is 1.40. The number of anilines is 1. The van der Waals surface area contributed by atoms with Gasteiger partial charge in [0.2, 0.25) is 0 Å². The second kappa shape index (κ2) is 12.0. The van der Waals surface area contributed by atoms with Crippen LogP contribution >= 0.6 is 46.4 Å². The molecule has 0 saturated heterocycles. The lowest BCUT2D eigenvalue weighted by atomic mass is 10.1. The largest absolute Gasteiger partial charge is 0.490 e. The summed E-state index contributed by atoms with van der Waals surface area (Å²) in [6, 6.07) is 17.0. The Morgan fingerprint density at radius 3 is 2.47 bits per heavy atom. The SMILES string of the molecule is CCOc1cc(/C=C(\C#N)C(=O)Nc2ccc(Cl)c(Cl)c2)cc(Cl)c1OCc1cccc(Cl)c1. The van der Waals surface area contributed by atoms with Gasteiger partial charge in [-0.15, -0.1) is 0 Å². The number of nitriles is 1. The van der Waals surface area contributed by atoms with E-state index in [0.717, 1.165) is 5.56 Å². The summed E-state index contributed by atoms with van der Waals surface area (Å²) in [4.78, 5) is 12.6. The molecule has 0 radical (unpaired) electrons. The van der Waals surface area contributed by atoms with Gasteiger partial charge < -0.3 is 14.8 Å². The summed E-state index contributed by atoms with van der Waals surface area (Å²) in [5.41, 5.74) is 1.61. The van der Waals surface area contributed by atoms with Crippen molar-refractivity contribution in [2.24, 2.45) is 0 Å². The number of hydrogen-bond donors (Lipinski definition) is 1. The molecule has 3 aromatic rings. The topological polar surface area (TPSA) is 71.3 Å². The van der Waals surface area contributed by atoms with Crippen molar-refractivity contribution in [3.05, 3.63) is 91.4 Å². The summed E-state index contributed by atoms with van der Waals surface area (Å²) in [6.45, 7) is 2.41. The van der Waals surface area contributed by atoms with Crippen molar-refractivity contribution >= 4 is 64.1 Å². The third-order valence-corrected chi connectivity index (χ3v) is 5.71. The number of ether oxygens (including phenoxy) is 2. The van der Waals surface area contributed by atoms with Crippen LogP contribution in [-0.4, -0.2) is 12.5 Å². The number of halogens is 4. The number of carbonyl (C=O) groups is 1. The van der Waals surface area contributed by atoms with Crippen LogP contribution in [0.15, 0.2) is 60.2 Å². The van der Waals surface area contributed by atoms with Crippen LogP contribution in [0.4, 0.5) is 5.69 Å². The molecule has 0 aromatic heterocycles. The van der Waals surface area contributed by atoms with Crippen molar-refractivity contribution < 1.29 is 14.3 Å². The smallest absolute Gasteiger partial charge is 0.266 e. The number of hydrogen-bond acceptors (Lipinski definition) is 4. The Balaban J connectivity index is 1.85. The average Bonchev–Trinajstić information content (AvgIpc) is 2.79. The van der Waals surface area contributed by atoms with Crippen LogP contribution < -0.4 is 14.8 Å². The molecule has 0 heterocycles. The van der Waals surface area contributed by atoms with E-state index in [2.05, 4.69) is 5.32 Å². The van der Waals surface area contributed by atoms with Gasteiger partial charge in [0.05, 0.1) is 21.7 Å². The highest BCUT2D eigenvalue weighted by Crippen LogP contribution is 2.38. The molecule has 0 bridgehead atoms. The maximum Gasteiger partial charge on any atom is 0.266 e. The predicted octanol–water partition coefficient (Wildman–Crippen LogP) is 7.82. The summed E-state index contributed by atoms with van der Waals surface area (Å²) >= 11 is 24.4. The van der Waals surface area contributed by atoms with Gasteiger partial charge in [0, 0.05) is 10.7 Å². The molecule has 34 heavy (non-hydrogen) atoms. The zero-order valence-corrected chi connectivity index (χ0v) is 20.9. The summed E-state index contributed by atoms with van der Waals surface area (Å²) in [7, 11) is 0. The molecule has 0 aliphatic carbocycles. The molecule has 1 N–H and O–H groups in total. The van der Waals surface area contributed by atoms with Gasteiger partial charge in [0.25, 0.3) is 5.91 Å². The van der Waals surface area contributed by atoms with Gasteiger partial charge in [0.15, 0.2) is 11.5 Å². The van der Waals surface area contributed by atoms with Gasteiger partial charge in [0.1, 0.15) is 18.2 Å². The van der Waals surface area contributed by atoms with Crippen LogP contribution in [0.1, 0.15) is 18.1 Å². The summed E-state index contributed by atoms with van der Waals surface area (Å²) < 4.78 is 11.6. The van der Waals surface area contributed by atoms with Gasteiger partial charge in [-0.3, -0.25) is 4.79 Å². The zero-order chi connectivity index (χ0) is 24.7. The van der Waals surface area contributed by atoms with E-state index in [9.17, 15) is 10.1 Å². The first-order valence-electron chi connectivity index (χ1n) is 10.0. The van der Waals surface area contributed by atoms with Crippen molar-refractivity contribution in [2.75, 3.05) is 11.9 Å². The van der Waals surface area contributed by atoms with Crippen LogP contribution in [0.2, 0.25) is 20.1 Å². The molecular formula is C25H18Cl4N2O3. The fraction of sp³-hybridized carbons (Fsp3) is 0.120. The first-order valence-corrected chi connectivity index (χ1v) is 11.5. The summed E-state index contributed by atoms with van der Waals surface area (Å²) in [5.74, 6) is 0.112. The highest BCUT2D eigenvalue weighted by atomic mass is 35.5. The lowest BCUT2D eigenvalue weighted by molar-refractivity contribution is -0.112. The molecule has 0 saturated carbocycles. The first-order chi connectivity index (χ1) is 16.3. The molecule has 0 unspecified atom stereocenters. The molecule has 0 aliphatic heterocycles. The van der Waals surface area contributed by atoms with E-state index in [1.165, 1.54) is 12.1 Å². The summed E-state index contributed by atoms with van der Waals surface area (Å²) in [5, 5.41) is 13.7. The van der Waals surface area contributed by atoms with Crippen molar-refractivity contribution in [2.45, 2.75) is 13.5 Å². The minimum atomic E-state index is -0.615. The zero-order valence-electron chi connectivity index (χ0n) is 17.9. The van der Waals surface area contributed by atoms with E-state index in [1.54, 1.807) is 36.4 Å². The van der Waals surface area contributed by atoms with Gasteiger partial charge in [-0.2, -0.15) is 5.26 Å². The Hall–Kier alpha value is -2.88. The molecule has 0 spiro atoms. The molecule has 9 heteroatoms. The maximum absolute atomic E-state index is 12.6. The second-order valence-corrected chi connectivity index (χ2v) is 8.59. The molecular weight excluding hydrogens is 518 g/mol. The molecule has 3 aromatic carbocycles. The minimum Gasteiger partial charge on any atom is -0.490 e. The fourth-order valence-electron chi connectivity index (χ4n) is 2.94. The Kier molecular flexibility index (Phi) is 9.09. The van der Waals surface area contributed by atoms with Gasteiger partial charge in [-0.05, 0) is 66.6 Å². The van der Waals surface area contributed by atoms with Gasteiger partial charge >= 0.3 is 0 Å². The highest BCUT2D eigenvalue weighted by Gasteiger charge is 2.15. The van der Waals surface area contributed by atoms with Crippen molar-refractivity contribution in [1.29, 1.82) is 5.26 Å². The highest BCUT2D eigenvalue weighted by molar-refractivity contribution is 6.42. The van der Waals surface area contributed by atoms with Crippen molar-refractivity contribution in [3.63, 3.8) is 0 Å². The molecule has 1 amide bonds. The van der Waals surface area contributed by atoms with Crippen LogP contribution in [0.25, 0.3) is 6.08 Å². The lowest BCUT2D eigenvalue weighted by Gasteiger charge is -2.15. The second-order valence-electron chi connectivity index (χ2n) is 6.93. The van der Waals surface area contributed by atoms with Crippen LogP contribution in [0.3, 0.4) is 0 Å². The third kappa shape index (κ3) is 6.82. The predicted molar refractivity (Wildman–Crippen MR) is 137 cm³/mol. The standard InChI is InChI=1S/C25H18Cl4N2O3/c1-2-33-23-11-16(10-22(29)24(23)34-14-15-4-3-5-18(26)9-15)8-17(13-30)25(32)31-19-6-7-20(27)21(28)12-19/h3-12H,2,14H2,1H3,(H,31,32)/b17-8+. The number of carbonyl (C=O) groups excluding carboxylic acids is 1. The van der Waals surface area contributed by atoms with Crippen molar-refractivity contribution in [3.8, 4) is 17.6 Å². The van der Waals surface area contributed by atoms with E-state index in [0.29, 0.717) is 39.4 Å². The van der Waals surface area contributed by atoms with E-state index in [1.807, 2.05) is 25.1 Å². The molecule has 3 rings (SSSR count). The number of nitrogens with zero attached hydrogens (tertiary/aromatic N) is 1. The average molecular weight is 536 g/mol. The molecule has 0 atom stereocenters. The van der Waals surface area contributed by atoms with E-state index in [4.69, 9.17) is 55.9 Å². The van der Waals surface area contributed by atoms with E-state index >= 15 is 0 Å². The Labute approximate surface area is 217 Å². The number of amides is 1. The molecule has 0 aliphatic rings. The lowest BCUT2D eigenvalue weighted by Crippen LogP contribution is -2.13. The van der Waals surface area contributed by atoms with Crippen molar-refractivity contribution in [1.82, 2.24) is 0 Å². The minimum absolute atomic E-state index is 0.141. The van der Waals surface area contributed by atoms with Gasteiger partial charge in [-0.25, -0.2) is 0 Å². The van der Waals surface area contributed by atoms with E-state index < -0.39 is 5.91 Å². The van der Waals surface area contributed by atoms with Crippen LogP contribution in [-0.2, 0) is 11.4 Å². The van der Waals surface area contributed by atoms with Crippen LogP contribution in [0.5, 0.6) is 11.5 Å².